The third-order valence-electron chi connectivity index (χ3n) is 4.16. The molecule has 130 valence electrons. The van der Waals surface area contributed by atoms with Crippen LogP contribution in [-0.2, 0) is 11.2 Å². The average Bonchev–Trinajstić information content (AvgIpc) is 2.60. The van der Waals surface area contributed by atoms with Crippen molar-refractivity contribution < 1.29 is 18.4 Å². The van der Waals surface area contributed by atoms with Crippen LogP contribution in [0.5, 0.6) is 0 Å². The van der Waals surface area contributed by atoms with Gasteiger partial charge < -0.3 is 10.2 Å². The summed E-state index contributed by atoms with van der Waals surface area (Å²) in [7, 11) is 0. The van der Waals surface area contributed by atoms with E-state index in [2.05, 4.69) is 5.32 Å². The highest BCUT2D eigenvalue weighted by Gasteiger charge is 2.21. The Bertz CT molecular complexity index is 788. The number of rotatable bonds is 4. The molecule has 0 aromatic heterocycles. The number of aryl methyl sites for hydroxylation is 1. The molecule has 3 rings (SSSR count). The van der Waals surface area contributed by atoms with Gasteiger partial charge in [-0.05, 0) is 36.6 Å². The van der Waals surface area contributed by atoms with Crippen LogP contribution >= 0.6 is 0 Å². The second kappa shape index (κ2) is 7.42. The molecule has 1 aliphatic heterocycles. The lowest BCUT2D eigenvalue weighted by Crippen LogP contribution is -2.37. The number of carbonyl (C=O) groups excluding carboxylic acids is 2. The summed E-state index contributed by atoms with van der Waals surface area (Å²) in [6, 6.07) is 10.4. The molecule has 2 amide bonds. The minimum Gasteiger partial charge on any atom is -0.352 e. The van der Waals surface area contributed by atoms with Gasteiger partial charge in [-0.2, -0.15) is 0 Å². The Morgan fingerprint density at radius 1 is 1.08 bits per heavy atom. The van der Waals surface area contributed by atoms with Crippen LogP contribution in [0.3, 0.4) is 0 Å². The second-order valence-corrected chi connectivity index (χ2v) is 5.94. The first-order valence-electron chi connectivity index (χ1n) is 8.17. The molecule has 6 heteroatoms. The van der Waals surface area contributed by atoms with E-state index in [4.69, 9.17) is 0 Å². The minimum atomic E-state index is -0.814. The zero-order valence-electron chi connectivity index (χ0n) is 13.6. The van der Waals surface area contributed by atoms with E-state index in [1.165, 1.54) is 0 Å². The van der Waals surface area contributed by atoms with Crippen LogP contribution in [0.2, 0.25) is 0 Å². The number of anilines is 1. The van der Waals surface area contributed by atoms with Crippen molar-refractivity contribution in [2.75, 3.05) is 18.0 Å². The molecule has 0 atom stereocenters. The molecule has 0 radical (unpaired) electrons. The highest BCUT2D eigenvalue weighted by Crippen LogP contribution is 2.27. The monoisotopic (exact) mass is 344 g/mol. The van der Waals surface area contributed by atoms with E-state index < -0.39 is 17.5 Å². The highest BCUT2D eigenvalue weighted by molar-refractivity contribution is 5.96. The second-order valence-electron chi connectivity index (χ2n) is 5.94. The molecule has 0 unspecified atom stereocenters. The van der Waals surface area contributed by atoms with Crippen molar-refractivity contribution in [1.29, 1.82) is 0 Å². The number of nitrogens with one attached hydrogen (secondary N) is 1. The van der Waals surface area contributed by atoms with E-state index in [1.807, 2.05) is 24.3 Å². The fourth-order valence-electron chi connectivity index (χ4n) is 3.00. The van der Waals surface area contributed by atoms with Crippen molar-refractivity contribution in [1.82, 2.24) is 5.32 Å². The third kappa shape index (κ3) is 4.02. The molecule has 0 spiro atoms. The molecule has 1 aliphatic rings. The number of hydrogen-bond donors (Lipinski definition) is 1. The Balaban J connectivity index is 1.57. The molecule has 0 fully saturated rings. The fraction of sp³-hybridized carbons (Fsp3) is 0.263. The lowest BCUT2D eigenvalue weighted by molar-refractivity contribution is -0.118. The van der Waals surface area contributed by atoms with Crippen LogP contribution in [0.25, 0.3) is 0 Å². The van der Waals surface area contributed by atoms with Crippen LogP contribution in [0, 0.1) is 11.6 Å². The van der Waals surface area contributed by atoms with Crippen molar-refractivity contribution >= 4 is 17.5 Å². The maximum absolute atomic E-state index is 13.1. The predicted octanol–water partition coefficient (Wildman–Crippen LogP) is 3.06. The molecule has 2 aromatic carbocycles. The first kappa shape index (κ1) is 17.1. The van der Waals surface area contributed by atoms with E-state index in [0.29, 0.717) is 12.6 Å². The van der Waals surface area contributed by atoms with Crippen LogP contribution in [0.4, 0.5) is 14.5 Å². The summed E-state index contributed by atoms with van der Waals surface area (Å²) < 4.78 is 26.3. The lowest BCUT2D eigenvalue weighted by atomic mass is 10.0. The number of amides is 2. The van der Waals surface area contributed by atoms with E-state index in [-0.39, 0.29) is 24.4 Å². The number of benzene rings is 2. The van der Waals surface area contributed by atoms with Gasteiger partial charge in [-0.3, -0.25) is 9.59 Å². The first-order chi connectivity index (χ1) is 12.0. The van der Waals surface area contributed by atoms with Gasteiger partial charge in [0.15, 0.2) is 0 Å². The molecular weight excluding hydrogens is 326 g/mol. The molecule has 0 saturated carbocycles. The van der Waals surface area contributed by atoms with Gasteiger partial charge in [-0.1, -0.05) is 18.2 Å². The summed E-state index contributed by atoms with van der Waals surface area (Å²) in [5.74, 6) is -2.32. The Kier molecular flexibility index (Phi) is 5.07. The number of nitrogens with zero attached hydrogens (tertiary/aromatic N) is 1. The van der Waals surface area contributed by atoms with Crippen LogP contribution in [0.15, 0.2) is 42.5 Å². The molecule has 1 N–H and O–H groups in total. The van der Waals surface area contributed by atoms with Gasteiger partial charge in [0.25, 0.3) is 5.91 Å². The summed E-state index contributed by atoms with van der Waals surface area (Å²) in [4.78, 5) is 26.1. The van der Waals surface area contributed by atoms with Crippen LogP contribution < -0.4 is 10.2 Å². The SMILES string of the molecule is O=C(NCCC(=O)N1CCCc2ccccc21)c1cc(F)cc(F)c1. The van der Waals surface area contributed by atoms with E-state index >= 15 is 0 Å². The highest BCUT2D eigenvalue weighted by atomic mass is 19.1. The Labute approximate surface area is 144 Å². The Hall–Kier alpha value is -2.76. The topological polar surface area (TPSA) is 49.4 Å². The fourth-order valence-corrected chi connectivity index (χ4v) is 3.00. The molecule has 1 heterocycles. The van der Waals surface area contributed by atoms with Gasteiger partial charge in [-0.15, -0.1) is 0 Å². The van der Waals surface area contributed by atoms with Crippen LogP contribution in [0.1, 0.15) is 28.8 Å². The van der Waals surface area contributed by atoms with Gasteiger partial charge >= 0.3 is 0 Å². The van der Waals surface area contributed by atoms with E-state index in [9.17, 15) is 18.4 Å². The van der Waals surface area contributed by atoms with Crippen molar-refractivity contribution in [3.63, 3.8) is 0 Å². The summed E-state index contributed by atoms with van der Waals surface area (Å²) in [6.07, 6.45) is 1.97. The number of fused-ring (bicyclic) bond motifs is 1. The number of para-hydroxylation sites is 1. The van der Waals surface area contributed by atoms with Crippen molar-refractivity contribution in [3.05, 3.63) is 65.2 Å². The minimum absolute atomic E-state index is 0.0853. The zero-order chi connectivity index (χ0) is 17.8. The van der Waals surface area contributed by atoms with Gasteiger partial charge in [0.1, 0.15) is 11.6 Å². The maximum atomic E-state index is 13.1. The summed E-state index contributed by atoms with van der Waals surface area (Å²) in [5.41, 5.74) is 1.95. The largest absolute Gasteiger partial charge is 0.352 e. The van der Waals surface area contributed by atoms with Crippen LogP contribution in [-0.4, -0.2) is 24.9 Å². The van der Waals surface area contributed by atoms with Gasteiger partial charge in [0, 0.05) is 36.8 Å². The molecule has 25 heavy (non-hydrogen) atoms. The normalized spacial score (nSPS) is 13.3. The molecule has 0 bridgehead atoms. The molecule has 4 nitrogen and oxygen atoms in total. The van der Waals surface area contributed by atoms with Crippen molar-refractivity contribution in [2.45, 2.75) is 19.3 Å². The predicted molar refractivity (Wildman–Crippen MR) is 90.4 cm³/mol. The standard InChI is InChI=1S/C19H18F2N2O2/c20-15-10-14(11-16(21)12-15)19(25)22-8-7-18(24)23-9-3-5-13-4-1-2-6-17(13)23/h1-2,4,6,10-12H,3,5,7-9H2,(H,22,25). The number of halogens is 2. The smallest absolute Gasteiger partial charge is 0.251 e. The van der Waals surface area contributed by atoms with Crippen molar-refractivity contribution in [3.8, 4) is 0 Å². The molecular formula is C19H18F2N2O2. The summed E-state index contributed by atoms with van der Waals surface area (Å²) >= 11 is 0. The van der Waals surface area contributed by atoms with E-state index in [0.717, 1.165) is 36.2 Å². The van der Waals surface area contributed by atoms with Gasteiger partial charge in [0.2, 0.25) is 5.91 Å². The quantitative estimate of drug-likeness (QED) is 0.927. The Morgan fingerprint density at radius 3 is 2.56 bits per heavy atom. The summed E-state index contributed by atoms with van der Waals surface area (Å²) in [5, 5.41) is 2.53. The van der Waals surface area contributed by atoms with Gasteiger partial charge in [-0.25, -0.2) is 8.78 Å². The van der Waals surface area contributed by atoms with E-state index in [1.54, 1.807) is 4.90 Å². The van der Waals surface area contributed by atoms with Crippen molar-refractivity contribution in [2.24, 2.45) is 0 Å². The number of hydrogen-bond acceptors (Lipinski definition) is 2. The molecule has 0 aliphatic carbocycles. The number of carbonyl (C=O) groups is 2. The Morgan fingerprint density at radius 2 is 1.80 bits per heavy atom. The average molecular weight is 344 g/mol. The molecule has 2 aromatic rings. The van der Waals surface area contributed by atoms with Gasteiger partial charge in [0.05, 0.1) is 0 Å². The lowest BCUT2D eigenvalue weighted by Gasteiger charge is -2.29. The molecule has 0 saturated heterocycles. The summed E-state index contributed by atoms with van der Waals surface area (Å²) in [6.45, 7) is 0.757. The third-order valence-corrected chi connectivity index (χ3v) is 4.16. The maximum Gasteiger partial charge on any atom is 0.251 e. The zero-order valence-corrected chi connectivity index (χ0v) is 13.6. The first-order valence-corrected chi connectivity index (χ1v) is 8.17.